The molecular weight excluding hydrogens is 272 g/mol. The highest BCUT2D eigenvalue weighted by Crippen LogP contribution is 2.41. The van der Waals surface area contributed by atoms with Crippen molar-refractivity contribution in [2.45, 2.75) is 57.7 Å². The molecule has 0 aliphatic heterocycles. The lowest BCUT2D eigenvalue weighted by Gasteiger charge is -2.39. The zero-order valence-corrected chi connectivity index (χ0v) is 14.9. The van der Waals surface area contributed by atoms with Gasteiger partial charge in [0.15, 0.2) is 0 Å². The van der Waals surface area contributed by atoms with Crippen molar-refractivity contribution in [2.24, 2.45) is 0 Å². The summed E-state index contributed by atoms with van der Waals surface area (Å²) < 4.78 is 6.76. The van der Waals surface area contributed by atoms with Gasteiger partial charge < -0.3 is 4.43 Å². The molecule has 0 fully saturated rings. The SMILES string of the molecule is C=CCC[Si](OC1=Cc2ccccc2C1)(C(C)C)C(C)C. The van der Waals surface area contributed by atoms with Gasteiger partial charge in [0.1, 0.15) is 0 Å². The summed E-state index contributed by atoms with van der Waals surface area (Å²) in [6.45, 7) is 13.2. The number of allylic oxidation sites excluding steroid dienone is 2. The summed E-state index contributed by atoms with van der Waals surface area (Å²) in [6.07, 6.45) is 6.30. The minimum absolute atomic E-state index is 0.613. The van der Waals surface area contributed by atoms with Crippen LogP contribution in [0.2, 0.25) is 17.1 Å². The lowest BCUT2D eigenvalue weighted by molar-refractivity contribution is 0.378. The van der Waals surface area contributed by atoms with E-state index in [9.17, 15) is 0 Å². The maximum absolute atomic E-state index is 6.76. The predicted octanol–water partition coefficient (Wildman–Crippen LogP) is 5.94. The predicted molar refractivity (Wildman–Crippen MR) is 94.8 cm³/mol. The largest absolute Gasteiger partial charge is 0.546 e. The highest BCUT2D eigenvalue weighted by Gasteiger charge is 2.43. The summed E-state index contributed by atoms with van der Waals surface area (Å²) >= 11 is 0. The second kappa shape index (κ2) is 6.65. The number of hydrogen-bond donors (Lipinski definition) is 0. The topological polar surface area (TPSA) is 9.23 Å². The molecule has 0 N–H and O–H groups in total. The van der Waals surface area contributed by atoms with Crippen molar-refractivity contribution in [3.8, 4) is 0 Å². The Morgan fingerprint density at radius 1 is 1.19 bits per heavy atom. The number of rotatable bonds is 7. The minimum Gasteiger partial charge on any atom is -0.546 e. The number of fused-ring (bicyclic) bond motifs is 1. The van der Waals surface area contributed by atoms with E-state index in [4.69, 9.17) is 4.43 Å². The van der Waals surface area contributed by atoms with Crippen LogP contribution in [0.25, 0.3) is 6.08 Å². The first-order chi connectivity index (χ1) is 9.99. The van der Waals surface area contributed by atoms with Gasteiger partial charge in [-0.1, -0.05) is 58.0 Å². The summed E-state index contributed by atoms with van der Waals surface area (Å²) in [6, 6.07) is 9.78. The standard InChI is InChI=1S/C19H28OSi/c1-6-7-12-21(15(2)3,16(4)5)20-19-13-17-10-8-9-11-18(17)14-19/h6,8-11,13,15-16H,1,7,12,14H2,2-5H3. The molecule has 21 heavy (non-hydrogen) atoms. The first-order valence-corrected chi connectivity index (χ1v) is 10.3. The van der Waals surface area contributed by atoms with Gasteiger partial charge in [0.25, 0.3) is 8.32 Å². The Labute approximate surface area is 130 Å². The van der Waals surface area contributed by atoms with Gasteiger partial charge in [-0.3, -0.25) is 0 Å². The Balaban J connectivity index is 2.22. The third-order valence-electron chi connectivity index (χ3n) is 4.75. The molecule has 0 heterocycles. The van der Waals surface area contributed by atoms with Gasteiger partial charge in [-0.25, -0.2) is 0 Å². The van der Waals surface area contributed by atoms with Crippen LogP contribution in [0.15, 0.2) is 42.7 Å². The fourth-order valence-electron chi connectivity index (χ4n) is 3.42. The van der Waals surface area contributed by atoms with E-state index in [0.717, 1.165) is 12.8 Å². The zero-order valence-electron chi connectivity index (χ0n) is 13.9. The van der Waals surface area contributed by atoms with Gasteiger partial charge in [-0.05, 0) is 40.8 Å². The molecule has 1 nitrogen and oxygen atoms in total. The van der Waals surface area contributed by atoms with Gasteiger partial charge in [-0.2, -0.15) is 0 Å². The van der Waals surface area contributed by atoms with Crippen LogP contribution >= 0.6 is 0 Å². The van der Waals surface area contributed by atoms with E-state index < -0.39 is 8.32 Å². The van der Waals surface area contributed by atoms with Gasteiger partial charge >= 0.3 is 0 Å². The molecule has 0 unspecified atom stereocenters. The fraction of sp³-hybridized carbons (Fsp3) is 0.474. The zero-order chi connectivity index (χ0) is 15.5. The minimum atomic E-state index is -1.81. The van der Waals surface area contributed by atoms with Crippen LogP contribution in [0.3, 0.4) is 0 Å². The monoisotopic (exact) mass is 300 g/mol. The average molecular weight is 301 g/mol. The van der Waals surface area contributed by atoms with E-state index in [1.807, 2.05) is 6.08 Å². The Bertz CT molecular complexity index is 520. The molecule has 0 saturated heterocycles. The second-order valence-corrected chi connectivity index (χ2v) is 11.6. The molecule has 0 saturated carbocycles. The molecule has 2 rings (SSSR count). The van der Waals surface area contributed by atoms with Crippen LogP contribution in [-0.4, -0.2) is 8.32 Å². The van der Waals surface area contributed by atoms with E-state index >= 15 is 0 Å². The van der Waals surface area contributed by atoms with Crippen molar-refractivity contribution in [3.05, 3.63) is 53.8 Å². The van der Waals surface area contributed by atoms with Crippen LogP contribution in [0.4, 0.5) is 0 Å². The first-order valence-electron chi connectivity index (χ1n) is 8.08. The van der Waals surface area contributed by atoms with Gasteiger partial charge in [0.05, 0.1) is 5.76 Å². The highest BCUT2D eigenvalue weighted by molar-refractivity contribution is 6.76. The Morgan fingerprint density at radius 3 is 2.43 bits per heavy atom. The number of hydrogen-bond acceptors (Lipinski definition) is 1. The molecule has 114 valence electrons. The Morgan fingerprint density at radius 2 is 1.86 bits per heavy atom. The van der Waals surface area contributed by atoms with Gasteiger partial charge in [0.2, 0.25) is 0 Å². The van der Waals surface area contributed by atoms with Gasteiger partial charge in [-0.15, -0.1) is 6.58 Å². The van der Waals surface area contributed by atoms with Crippen LogP contribution in [0, 0.1) is 0 Å². The molecule has 0 aromatic heterocycles. The summed E-state index contributed by atoms with van der Waals surface area (Å²) in [7, 11) is -1.81. The molecule has 0 radical (unpaired) electrons. The van der Waals surface area contributed by atoms with Gasteiger partial charge in [0, 0.05) is 6.42 Å². The Kier molecular flexibility index (Phi) is 5.10. The fourth-order valence-corrected chi connectivity index (χ4v) is 7.75. The van der Waals surface area contributed by atoms with Crippen molar-refractivity contribution in [1.29, 1.82) is 0 Å². The van der Waals surface area contributed by atoms with Crippen LogP contribution in [-0.2, 0) is 10.8 Å². The molecule has 2 heteroatoms. The molecule has 1 aliphatic rings. The molecule has 1 aromatic carbocycles. The molecule has 1 aromatic rings. The third-order valence-corrected chi connectivity index (χ3v) is 10.4. The van der Waals surface area contributed by atoms with E-state index in [1.54, 1.807) is 0 Å². The summed E-state index contributed by atoms with van der Waals surface area (Å²) in [5, 5.41) is 0. The highest BCUT2D eigenvalue weighted by atomic mass is 28.4. The average Bonchev–Trinajstić information content (AvgIpc) is 2.84. The van der Waals surface area contributed by atoms with Crippen LogP contribution in [0.5, 0.6) is 0 Å². The van der Waals surface area contributed by atoms with E-state index in [1.165, 1.54) is 22.9 Å². The molecule has 0 amide bonds. The van der Waals surface area contributed by atoms with Crippen molar-refractivity contribution in [2.75, 3.05) is 0 Å². The van der Waals surface area contributed by atoms with Crippen molar-refractivity contribution in [3.63, 3.8) is 0 Å². The molecular formula is C19H28OSi. The summed E-state index contributed by atoms with van der Waals surface area (Å²) in [4.78, 5) is 0. The maximum atomic E-state index is 6.76. The smallest absolute Gasteiger partial charge is 0.256 e. The Hall–Kier alpha value is -1.28. The first kappa shape index (κ1) is 16.1. The van der Waals surface area contributed by atoms with Crippen molar-refractivity contribution in [1.82, 2.24) is 0 Å². The normalized spacial score (nSPS) is 14.3. The molecule has 0 bridgehead atoms. The summed E-state index contributed by atoms with van der Waals surface area (Å²) in [5.74, 6) is 1.18. The quantitative estimate of drug-likeness (QED) is 0.447. The van der Waals surface area contributed by atoms with Crippen molar-refractivity contribution >= 4 is 14.4 Å². The lowest BCUT2D eigenvalue weighted by Crippen LogP contribution is -2.44. The number of benzene rings is 1. The lowest BCUT2D eigenvalue weighted by atomic mass is 10.1. The van der Waals surface area contributed by atoms with Crippen molar-refractivity contribution < 1.29 is 4.43 Å². The van der Waals surface area contributed by atoms with E-state index in [0.29, 0.717) is 11.1 Å². The third kappa shape index (κ3) is 3.32. The summed E-state index contributed by atoms with van der Waals surface area (Å²) in [5.41, 5.74) is 3.95. The van der Waals surface area contributed by atoms with Crippen LogP contribution in [0.1, 0.15) is 45.2 Å². The van der Waals surface area contributed by atoms with E-state index in [-0.39, 0.29) is 0 Å². The maximum Gasteiger partial charge on any atom is 0.256 e. The second-order valence-electron chi connectivity index (χ2n) is 6.68. The molecule has 0 atom stereocenters. The van der Waals surface area contributed by atoms with E-state index in [2.05, 4.69) is 64.6 Å². The molecule has 0 spiro atoms. The van der Waals surface area contributed by atoms with Crippen LogP contribution < -0.4 is 0 Å². The molecule has 1 aliphatic carbocycles.